The van der Waals surface area contributed by atoms with Crippen molar-refractivity contribution in [3.05, 3.63) is 12.2 Å². The van der Waals surface area contributed by atoms with Gasteiger partial charge in [-0.05, 0) is 26.0 Å². The minimum absolute atomic E-state index is 0.591. The van der Waals surface area contributed by atoms with Crippen LogP contribution >= 0.6 is 0 Å². The van der Waals surface area contributed by atoms with E-state index in [0.717, 1.165) is 32.7 Å². The molecule has 1 N–H and O–H groups in total. The zero-order valence-electron chi connectivity index (χ0n) is 10.7. The van der Waals surface area contributed by atoms with Crippen molar-refractivity contribution in [3.63, 3.8) is 0 Å². The molecule has 90 valence electrons. The van der Waals surface area contributed by atoms with Gasteiger partial charge in [-0.25, -0.2) is 0 Å². The molecule has 1 atom stereocenters. The first-order valence-corrected chi connectivity index (χ1v) is 5.69. The van der Waals surface area contributed by atoms with Crippen LogP contribution < -0.4 is 5.32 Å². The number of ether oxygens (including phenoxy) is 1. The van der Waals surface area contributed by atoms with E-state index in [9.17, 15) is 0 Å². The predicted octanol–water partition coefficient (Wildman–Crippen LogP) is 1.51. The van der Waals surface area contributed by atoms with Crippen LogP contribution in [0.15, 0.2) is 12.2 Å². The first-order chi connectivity index (χ1) is 7.15. The molecule has 15 heavy (non-hydrogen) atoms. The summed E-state index contributed by atoms with van der Waals surface area (Å²) in [7, 11) is 3.70. The Hall–Kier alpha value is -0.380. The molecule has 3 nitrogen and oxygen atoms in total. The Balaban J connectivity index is 4.04. The third-order valence-corrected chi connectivity index (χ3v) is 2.65. The monoisotopic (exact) mass is 214 g/mol. The van der Waals surface area contributed by atoms with Crippen LogP contribution in [0.2, 0.25) is 0 Å². The van der Waals surface area contributed by atoms with Crippen molar-refractivity contribution in [2.45, 2.75) is 26.3 Å². The first kappa shape index (κ1) is 14.6. The Morgan fingerprint density at radius 2 is 2.20 bits per heavy atom. The van der Waals surface area contributed by atoms with Gasteiger partial charge in [0.05, 0.1) is 6.61 Å². The van der Waals surface area contributed by atoms with Crippen LogP contribution in [0.4, 0.5) is 0 Å². The molecular formula is C12H26N2O. The van der Waals surface area contributed by atoms with Gasteiger partial charge >= 0.3 is 0 Å². The summed E-state index contributed by atoms with van der Waals surface area (Å²) in [6, 6.07) is 0.591. The second-order valence-electron chi connectivity index (χ2n) is 4.00. The number of hydrogen-bond donors (Lipinski definition) is 1. The number of methoxy groups -OCH3 is 1. The van der Waals surface area contributed by atoms with Gasteiger partial charge in [-0.2, -0.15) is 0 Å². The van der Waals surface area contributed by atoms with E-state index in [0.29, 0.717) is 6.04 Å². The highest BCUT2D eigenvalue weighted by atomic mass is 16.5. The number of rotatable bonds is 9. The van der Waals surface area contributed by atoms with Gasteiger partial charge in [0.2, 0.25) is 0 Å². The molecule has 0 saturated heterocycles. The number of nitrogens with zero attached hydrogens (tertiary/aromatic N) is 1. The van der Waals surface area contributed by atoms with Gasteiger partial charge in [-0.3, -0.25) is 4.90 Å². The third-order valence-electron chi connectivity index (χ3n) is 2.65. The lowest BCUT2D eigenvalue weighted by Crippen LogP contribution is -2.37. The lowest BCUT2D eigenvalue weighted by molar-refractivity contribution is 0.130. The topological polar surface area (TPSA) is 24.5 Å². The van der Waals surface area contributed by atoms with E-state index in [2.05, 4.69) is 30.6 Å². The number of nitrogens with one attached hydrogen (secondary N) is 1. The van der Waals surface area contributed by atoms with E-state index >= 15 is 0 Å². The summed E-state index contributed by atoms with van der Waals surface area (Å²) in [6.07, 6.45) is 1.16. The highest BCUT2D eigenvalue weighted by Gasteiger charge is 2.12. The van der Waals surface area contributed by atoms with Crippen molar-refractivity contribution in [1.29, 1.82) is 0 Å². The van der Waals surface area contributed by atoms with Crippen LogP contribution in [-0.2, 0) is 4.74 Å². The van der Waals surface area contributed by atoms with Crippen LogP contribution in [0.3, 0.4) is 0 Å². The zero-order chi connectivity index (χ0) is 11.7. The minimum atomic E-state index is 0.591. The molecule has 0 fully saturated rings. The third kappa shape index (κ3) is 6.66. The Morgan fingerprint density at radius 3 is 2.67 bits per heavy atom. The molecule has 0 aliphatic rings. The van der Waals surface area contributed by atoms with Crippen LogP contribution in [0.5, 0.6) is 0 Å². The molecule has 0 amide bonds. The van der Waals surface area contributed by atoms with Gasteiger partial charge in [0.15, 0.2) is 0 Å². The highest BCUT2D eigenvalue weighted by molar-refractivity contribution is 5.00. The van der Waals surface area contributed by atoms with E-state index in [-0.39, 0.29) is 0 Å². The van der Waals surface area contributed by atoms with Gasteiger partial charge in [0.1, 0.15) is 0 Å². The lowest BCUT2D eigenvalue weighted by Gasteiger charge is -2.28. The van der Waals surface area contributed by atoms with Gasteiger partial charge in [-0.15, -0.1) is 0 Å². The lowest BCUT2D eigenvalue weighted by atomic mass is 10.2. The molecule has 3 heteroatoms. The second kappa shape index (κ2) is 8.89. The van der Waals surface area contributed by atoms with E-state index in [4.69, 9.17) is 4.74 Å². The maximum absolute atomic E-state index is 5.12. The fourth-order valence-corrected chi connectivity index (χ4v) is 1.52. The molecule has 0 aromatic rings. The molecule has 0 aromatic heterocycles. The zero-order valence-corrected chi connectivity index (χ0v) is 10.7. The van der Waals surface area contributed by atoms with Crippen molar-refractivity contribution in [1.82, 2.24) is 10.2 Å². The fraction of sp³-hybridized carbons (Fsp3) is 0.833. The Labute approximate surface area is 94.5 Å². The summed E-state index contributed by atoms with van der Waals surface area (Å²) < 4.78 is 5.12. The molecule has 0 rings (SSSR count). The van der Waals surface area contributed by atoms with Crippen LogP contribution in [0.25, 0.3) is 0 Å². The molecule has 0 aromatic carbocycles. The maximum atomic E-state index is 5.12. The fourth-order valence-electron chi connectivity index (χ4n) is 1.52. The standard InChI is InChI=1S/C12H26N2O/c1-6-12(3)14(7-8-15-5)10-11(2)9-13-4/h12-13H,2,6-10H2,1,3-5H3. The molecule has 0 spiro atoms. The van der Waals surface area contributed by atoms with E-state index < -0.39 is 0 Å². The molecule has 0 saturated carbocycles. The van der Waals surface area contributed by atoms with E-state index in [1.165, 1.54) is 5.57 Å². The normalized spacial score (nSPS) is 13.1. The number of likely N-dealkylation sites (N-methyl/N-ethyl adjacent to an activating group) is 1. The molecule has 0 bridgehead atoms. The quantitative estimate of drug-likeness (QED) is 0.589. The molecule has 0 heterocycles. The second-order valence-corrected chi connectivity index (χ2v) is 4.00. The van der Waals surface area contributed by atoms with Crippen LogP contribution in [-0.4, -0.2) is 51.3 Å². The molecule has 0 aliphatic heterocycles. The first-order valence-electron chi connectivity index (χ1n) is 5.69. The highest BCUT2D eigenvalue weighted by Crippen LogP contribution is 2.05. The van der Waals surface area contributed by atoms with Crippen molar-refractivity contribution in [3.8, 4) is 0 Å². The van der Waals surface area contributed by atoms with E-state index in [1.54, 1.807) is 7.11 Å². The average molecular weight is 214 g/mol. The Bertz CT molecular complexity index is 171. The summed E-state index contributed by atoms with van der Waals surface area (Å²) in [5.74, 6) is 0. The number of hydrogen-bond acceptors (Lipinski definition) is 3. The summed E-state index contributed by atoms with van der Waals surface area (Å²) in [4.78, 5) is 2.42. The molecule has 1 unspecified atom stereocenters. The van der Waals surface area contributed by atoms with Crippen molar-refractivity contribution in [2.24, 2.45) is 0 Å². The van der Waals surface area contributed by atoms with Crippen molar-refractivity contribution in [2.75, 3.05) is 40.4 Å². The van der Waals surface area contributed by atoms with Gasteiger partial charge < -0.3 is 10.1 Å². The van der Waals surface area contributed by atoms with Gasteiger partial charge in [-0.1, -0.05) is 13.5 Å². The van der Waals surface area contributed by atoms with E-state index in [1.807, 2.05) is 7.05 Å². The predicted molar refractivity (Wildman–Crippen MR) is 66.3 cm³/mol. The van der Waals surface area contributed by atoms with Crippen LogP contribution in [0, 0.1) is 0 Å². The van der Waals surface area contributed by atoms with Crippen molar-refractivity contribution >= 4 is 0 Å². The minimum Gasteiger partial charge on any atom is -0.383 e. The van der Waals surface area contributed by atoms with Gasteiger partial charge in [0, 0.05) is 32.8 Å². The maximum Gasteiger partial charge on any atom is 0.0589 e. The molecule has 0 radical (unpaired) electrons. The summed E-state index contributed by atoms with van der Waals surface area (Å²) in [6.45, 7) is 12.1. The largest absolute Gasteiger partial charge is 0.383 e. The van der Waals surface area contributed by atoms with Crippen LogP contribution in [0.1, 0.15) is 20.3 Å². The Kier molecular flexibility index (Phi) is 8.67. The smallest absolute Gasteiger partial charge is 0.0589 e. The Morgan fingerprint density at radius 1 is 1.53 bits per heavy atom. The van der Waals surface area contributed by atoms with Crippen molar-refractivity contribution < 1.29 is 4.74 Å². The average Bonchev–Trinajstić information content (AvgIpc) is 2.23. The summed E-state index contributed by atoms with van der Waals surface area (Å²) >= 11 is 0. The van der Waals surface area contributed by atoms with Gasteiger partial charge in [0.25, 0.3) is 0 Å². The molecular weight excluding hydrogens is 188 g/mol. The molecule has 0 aliphatic carbocycles. The summed E-state index contributed by atoms with van der Waals surface area (Å²) in [5, 5.41) is 3.13. The summed E-state index contributed by atoms with van der Waals surface area (Å²) in [5.41, 5.74) is 1.23. The SMILES string of the molecule is C=C(CNC)CN(CCOC)C(C)CC.